The van der Waals surface area contributed by atoms with Gasteiger partial charge in [-0.2, -0.15) is 0 Å². The molecule has 176 valence electrons. The molecule has 2 aromatic carbocycles. The summed E-state index contributed by atoms with van der Waals surface area (Å²) in [5.41, 5.74) is 3.24. The summed E-state index contributed by atoms with van der Waals surface area (Å²) in [6.07, 6.45) is 5.50. The molecule has 35 heavy (non-hydrogen) atoms. The van der Waals surface area contributed by atoms with Gasteiger partial charge >= 0.3 is 0 Å². The third-order valence-corrected chi connectivity index (χ3v) is 5.98. The topological polar surface area (TPSA) is 73.3 Å². The molecular weight excluding hydrogens is 485 g/mol. The van der Waals surface area contributed by atoms with Crippen molar-refractivity contribution in [2.24, 2.45) is 0 Å². The van der Waals surface area contributed by atoms with Crippen LogP contribution in [0.1, 0.15) is 27.2 Å². The SMILES string of the molecule is [C-]#[N+]c1ccc(Cn2cncc2CCNC(=O)c2cc(=O)n(Cc3cccc(Cl)c3)cc2Cl)cc1. The summed E-state index contributed by atoms with van der Waals surface area (Å²) >= 11 is 12.3. The minimum atomic E-state index is -0.414. The Labute approximate surface area is 212 Å². The Hall–Kier alpha value is -3.86. The van der Waals surface area contributed by atoms with Crippen LogP contribution in [0.4, 0.5) is 5.69 Å². The third kappa shape index (κ3) is 6.18. The second-order valence-corrected chi connectivity index (χ2v) is 8.77. The maximum Gasteiger partial charge on any atom is 0.253 e. The van der Waals surface area contributed by atoms with Crippen LogP contribution >= 0.6 is 23.2 Å². The Kier molecular flexibility index (Phi) is 7.66. The summed E-state index contributed by atoms with van der Waals surface area (Å²) in [4.78, 5) is 32.9. The monoisotopic (exact) mass is 505 g/mol. The fourth-order valence-corrected chi connectivity index (χ4v) is 4.12. The van der Waals surface area contributed by atoms with E-state index in [0.29, 0.717) is 36.8 Å². The van der Waals surface area contributed by atoms with Gasteiger partial charge in [0.25, 0.3) is 11.5 Å². The van der Waals surface area contributed by atoms with Crippen LogP contribution in [-0.2, 0) is 19.5 Å². The molecule has 1 N–H and O–H groups in total. The van der Waals surface area contributed by atoms with E-state index in [9.17, 15) is 9.59 Å². The minimum absolute atomic E-state index is 0.132. The standard InChI is InChI=1S/C26H21Cl2N5O2/c1-29-21-7-5-18(6-8-21)14-33-17-30-13-22(33)9-10-31-26(35)23-12-25(34)32(16-24(23)28)15-19-3-2-4-20(27)11-19/h2-8,11-13,16-17H,9-10,14-15H2,(H,31,35). The Morgan fingerprint density at radius 1 is 1.03 bits per heavy atom. The van der Waals surface area contributed by atoms with Gasteiger partial charge in [-0.1, -0.05) is 59.6 Å². The molecule has 7 nitrogen and oxygen atoms in total. The first kappa shape index (κ1) is 24.3. The van der Waals surface area contributed by atoms with E-state index in [4.69, 9.17) is 29.8 Å². The number of aromatic nitrogens is 3. The lowest BCUT2D eigenvalue weighted by molar-refractivity contribution is 0.0954. The van der Waals surface area contributed by atoms with Crippen LogP contribution in [0.25, 0.3) is 4.85 Å². The number of hydrogen-bond donors (Lipinski definition) is 1. The normalized spacial score (nSPS) is 10.7. The molecule has 0 aliphatic rings. The molecule has 0 saturated carbocycles. The van der Waals surface area contributed by atoms with Crippen molar-refractivity contribution < 1.29 is 4.79 Å². The zero-order valence-electron chi connectivity index (χ0n) is 18.6. The van der Waals surface area contributed by atoms with Crippen molar-refractivity contribution in [3.63, 3.8) is 0 Å². The summed E-state index contributed by atoms with van der Waals surface area (Å²) in [5.74, 6) is -0.414. The average Bonchev–Trinajstić information content (AvgIpc) is 3.28. The van der Waals surface area contributed by atoms with E-state index in [-0.39, 0.29) is 16.1 Å². The van der Waals surface area contributed by atoms with E-state index in [0.717, 1.165) is 16.8 Å². The smallest absolute Gasteiger partial charge is 0.253 e. The molecule has 0 atom stereocenters. The molecule has 0 spiro atoms. The van der Waals surface area contributed by atoms with Crippen molar-refractivity contribution in [3.05, 3.63) is 128 Å². The van der Waals surface area contributed by atoms with E-state index in [1.54, 1.807) is 36.8 Å². The van der Waals surface area contributed by atoms with Gasteiger partial charge in [-0.25, -0.2) is 9.83 Å². The predicted octanol–water partition coefficient (Wildman–Crippen LogP) is 4.97. The van der Waals surface area contributed by atoms with Crippen molar-refractivity contribution >= 4 is 34.8 Å². The summed E-state index contributed by atoms with van der Waals surface area (Å²) in [6, 6.07) is 15.8. The molecule has 0 aliphatic carbocycles. The fraction of sp³-hybridized carbons (Fsp3) is 0.154. The van der Waals surface area contributed by atoms with Crippen molar-refractivity contribution in [2.45, 2.75) is 19.5 Å². The molecule has 0 radical (unpaired) electrons. The second-order valence-electron chi connectivity index (χ2n) is 7.93. The number of nitrogens with zero attached hydrogens (tertiary/aromatic N) is 4. The van der Waals surface area contributed by atoms with Gasteiger partial charge in [0, 0.05) is 48.7 Å². The minimum Gasteiger partial charge on any atom is -0.352 e. The Morgan fingerprint density at radius 2 is 1.80 bits per heavy atom. The van der Waals surface area contributed by atoms with E-state index < -0.39 is 5.91 Å². The number of carbonyl (C=O) groups excluding carboxylic acids is 1. The van der Waals surface area contributed by atoms with E-state index in [2.05, 4.69) is 15.1 Å². The van der Waals surface area contributed by atoms with E-state index >= 15 is 0 Å². The van der Waals surface area contributed by atoms with Crippen LogP contribution in [-0.4, -0.2) is 26.6 Å². The molecule has 0 fully saturated rings. The van der Waals surface area contributed by atoms with E-state index in [1.807, 2.05) is 28.8 Å². The zero-order chi connectivity index (χ0) is 24.8. The molecule has 0 unspecified atom stereocenters. The van der Waals surface area contributed by atoms with Gasteiger partial charge in [0.2, 0.25) is 0 Å². The number of hydrogen-bond acceptors (Lipinski definition) is 3. The molecule has 4 aromatic rings. The van der Waals surface area contributed by atoms with Gasteiger partial charge in [-0.05, 0) is 23.3 Å². The second kappa shape index (κ2) is 11.0. The van der Waals surface area contributed by atoms with Gasteiger partial charge < -0.3 is 14.5 Å². The number of benzene rings is 2. The average molecular weight is 506 g/mol. The van der Waals surface area contributed by atoms with Gasteiger partial charge in [0.05, 0.1) is 30.0 Å². The Morgan fingerprint density at radius 3 is 2.54 bits per heavy atom. The van der Waals surface area contributed by atoms with Crippen LogP contribution in [0.3, 0.4) is 0 Å². The first-order valence-corrected chi connectivity index (χ1v) is 11.6. The highest BCUT2D eigenvalue weighted by Gasteiger charge is 2.14. The van der Waals surface area contributed by atoms with Gasteiger partial charge in [-0.15, -0.1) is 0 Å². The molecular formula is C26H21Cl2N5O2. The molecule has 0 aliphatic heterocycles. The molecule has 2 heterocycles. The van der Waals surface area contributed by atoms with Crippen LogP contribution in [0.2, 0.25) is 10.0 Å². The van der Waals surface area contributed by atoms with Crippen LogP contribution in [0, 0.1) is 6.57 Å². The van der Waals surface area contributed by atoms with Gasteiger partial charge in [0.15, 0.2) is 5.69 Å². The highest BCUT2D eigenvalue weighted by atomic mass is 35.5. The third-order valence-electron chi connectivity index (χ3n) is 5.45. The predicted molar refractivity (Wildman–Crippen MR) is 136 cm³/mol. The maximum atomic E-state index is 12.7. The zero-order valence-corrected chi connectivity index (χ0v) is 20.1. The van der Waals surface area contributed by atoms with Crippen molar-refractivity contribution in [1.82, 2.24) is 19.4 Å². The summed E-state index contributed by atoms with van der Waals surface area (Å²) in [5, 5.41) is 3.60. The number of pyridine rings is 1. The number of rotatable bonds is 8. The number of carbonyl (C=O) groups is 1. The summed E-state index contributed by atoms with van der Waals surface area (Å²) < 4.78 is 3.43. The van der Waals surface area contributed by atoms with Gasteiger partial charge in [-0.3, -0.25) is 9.59 Å². The highest BCUT2D eigenvalue weighted by molar-refractivity contribution is 6.33. The summed E-state index contributed by atoms with van der Waals surface area (Å²) in [6.45, 7) is 8.31. The molecule has 4 rings (SSSR count). The number of nitrogens with one attached hydrogen (secondary N) is 1. The maximum absolute atomic E-state index is 12.7. The Balaban J connectivity index is 1.37. The van der Waals surface area contributed by atoms with Crippen LogP contribution in [0.15, 0.2) is 78.1 Å². The highest BCUT2D eigenvalue weighted by Crippen LogP contribution is 2.16. The number of imidazole rings is 1. The number of halogens is 2. The van der Waals surface area contributed by atoms with Crippen LogP contribution in [0.5, 0.6) is 0 Å². The van der Waals surface area contributed by atoms with Crippen molar-refractivity contribution in [3.8, 4) is 0 Å². The first-order chi connectivity index (χ1) is 16.9. The van der Waals surface area contributed by atoms with Crippen molar-refractivity contribution in [2.75, 3.05) is 6.54 Å². The largest absolute Gasteiger partial charge is 0.352 e. The van der Waals surface area contributed by atoms with Crippen molar-refractivity contribution in [1.29, 1.82) is 0 Å². The first-order valence-electron chi connectivity index (χ1n) is 10.8. The Bertz CT molecular complexity index is 1450. The lowest BCUT2D eigenvalue weighted by Crippen LogP contribution is -2.29. The lowest BCUT2D eigenvalue weighted by atomic mass is 10.2. The van der Waals surface area contributed by atoms with Gasteiger partial charge in [0.1, 0.15) is 0 Å². The molecule has 0 saturated heterocycles. The lowest BCUT2D eigenvalue weighted by Gasteiger charge is -2.11. The molecule has 0 bridgehead atoms. The summed E-state index contributed by atoms with van der Waals surface area (Å²) in [7, 11) is 0. The quantitative estimate of drug-likeness (QED) is 0.343. The van der Waals surface area contributed by atoms with Crippen LogP contribution < -0.4 is 10.9 Å². The molecule has 1 amide bonds. The fourth-order valence-electron chi connectivity index (χ4n) is 3.65. The molecule has 2 aromatic heterocycles. The molecule has 9 heteroatoms. The van der Waals surface area contributed by atoms with E-state index in [1.165, 1.54) is 16.8 Å². The number of amides is 1.